The van der Waals surface area contributed by atoms with Crippen LogP contribution in [0.25, 0.3) is 0 Å². The summed E-state index contributed by atoms with van der Waals surface area (Å²) in [6.07, 6.45) is 2.24. The van der Waals surface area contributed by atoms with Crippen LogP contribution in [0.4, 0.5) is 0 Å². The van der Waals surface area contributed by atoms with Gasteiger partial charge in [-0.1, -0.05) is 13.3 Å². The average Bonchev–Trinajstić information content (AvgIpc) is 2.06. The Balaban J connectivity index is 3.34. The summed E-state index contributed by atoms with van der Waals surface area (Å²) in [7, 11) is -1.77. The molecule has 0 radical (unpaired) electrons. The molecule has 0 bridgehead atoms. The van der Waals surface area contributed by atoms with Gasteiger partial charge in [-0.15, -0.1) is 0 Å². The highest BCUT2D eigenvalue weighted by Gasteiger charge is 2.12. The first-order valence-corrected chi connectivity index (χ1v) is 6.11. The maximum Gasteiger partial charge on any atom is 0.484 e. The second kappa shape index (κ2) is 9.19. The second-order valence-electron chi connectivity index (χ2n) is 2.42. The summed E-state index contributed by atoms with van der Waals surface area (Å²) in [4.78, 5) is 0. The molecule has 0 fully saturated rings. The van der Waals surface area contributed by atoms with Gasteiger partial charge in [-0.2, -0.15) is 0 Å². The molecule has 0 heterocycles. The molecule has 0 aromatic rings. The third-order valence-corrected chi connectivity index (χ3v) is 3.08. The summed E-state index contributed by atoms with van der Waals surface area (Å²) in [5.41, 5.74) is 0. The van der Waals surface area contributed by atoms with Crippen molar-refractivity contribution < 1.29 is 13.3 Å². The summed E-state index contributed by atoms with van der Waals surface area (Å²) < 4.78 is 16.1. The van der Waals surface area contributed by atoms with E-state index in [1.54, 1.807) is 0 Å². The van der Waals surface area contributed by atoms with Crippen LogP contribution in [0.2, 0.25) is 0 Å². The lowest BCUT2D eigenvalue weighted by Gasteiger charge is -2.14. The Bertz CT molecular complexity index is 84.4. The molecule has 0 aliphatic carbocycles. The summed E-state index contributed by atoms with van der Waals surface area (Å²) in [5, 5.41) is 0. The van der Waals surface area contributed by atoms with Gasteiger partial charge < -0.3 is 13.3 Å². The van der Waals surface area contributed by atoms with Crippen molar-refractivity contribution in [2.45, 2.75) is 33.6 Å². The summed E-state index contributed by atoms with van der Waals surface area (Å²) >= 11 is 0. The zero-order valence-electron chi connectivity index (χ0n) is 8.34. The van der Waals surface area contributed by atoms with Crippen LogP contribution in [0.5, 0.6) is 0 Å². The number of rotatable bonds is 8. The summed E-state index contributed by atoms with van der Waals surface area (Å²) in [6, 6.07) is 0. The Hall–Kier alpha value is 0.0969. The third-order valence-electron chi connectivity index (χ3n) is 1.36. The molecule has 12 heavy (non-hydrogen) atoms. The van der Waals surface area contributed by atoms with E-state index in [2.05, 4.69) is 6.92 Å². The van der Waals surface area contributed by atoms with Crippen LogP contribution in [0.1, 0.15) is 33.6 Å². The highest BCUT2D eigenvalue weighted by molar-refractivity contribution is 6.36. The zero-order valence-corrected chi connectivity index (χ0v) is 9.49. The summed E-state index contributed by atoms with van der Waals surface area (Å²) in [6.45, 7) is 8.20. The molecule has 0 amide bonds. The lowest BCUT2D eigenvalue weighted by Crippen LogP contribution is -2.27. The number of hydrogen-bond donors (Lipinski definition) is 0. The molecule has 4 heteroatoms. The molecule has 3 nitrogen and oxygen atoms in total. The molecular weight excluding hydrogens is 172 g/mol. The molecule has 0 N–H and O–H groups in total. The lowest BCUT2D eigenvalue weighted by atomic mass is 10.4. The van der Waals surface area contributed by atoms with Gasteiger partial charge in [-0.05, 0) is 20.3 Å². The standard InChI is InChI=1S/C8H20O3Si/c1-4-7-8-11-12(9-5-2)10-6-3/h12H,4-8H2,1-3H3. The van der Waals surface area contributed by atoms with E-state index in [1.807, 2.05) is 13.8 Å². The quantitative estimate of drug-likeness (QED) is 0.432. The van der Waals surface area contributed by atoms with Gasteiger partial charge in [0.1, 0.15) is 0 Å². The molecule has 0 saturated heterocycles. The van der Waals surface area contributed by atoms with Gasteiger partial charge in [0, 0.05) is 19.8 Å². The van der Waals surface area contributed by atoms with E-state index in [0.29, 0.717) is 13.2 Å². The minimum atomic E-state index is -1.77. The van der Waals surface area contributed by atoms with Crippen molar-refractivity contribution in [3.8, 4) is 0 Å². The maximum absolute atomic E-state index is 5.46. The van der Waals surface area contributed by atoms with Crippen LogP contribution in [0.15, 0.2) is 0 Å². The zero-order chi connectivity index (χ0) is 9.23. The van der Waals surface area contributed by atoms with Crippen molar-refractivity contribution >= 4 is 9.53 Å². The van der Waals surface area contributed by atoms with Gasteiger partial charge in [-0.25, -0.2) is 0 Å². The first-order chi connectivity index (χ1) is 5.85. The van der Waals surface area contributed by atoms with Crippen molar-refractivity contribution in [2.24, 2.45) is 0 Å². The summed E-state index contributed by atoms with van der Waals surface area (Å²) in [5.74, 6) is 0. The van der Waals surface area contributed by atoms with Gasteiger partial charge in [-0.3, -0.25) is 0 Å². The van der Waals surface area contributed by atoms with E-state index in [4.69, 9.17) is 13.3 Å². The molecule has 0 aliphatic rings. The fraction of sp³-hybridized carbons (Fsp3) is 1.00. The van der Waals surface area contributed by atoms with E-state index in [-0.39, 0.29) is 0 Å². The Morgan fingerprint density at radius 2 is 1.50 bits per heavy atom. The molecule has 0 aliphatic heterocycles. The van der Waals surface area contributed by atoms with E-state index in [9.17, 15) is 0 Å². The Kier molecular flexibility index (Phi) is 9.26. The number of unbranched alkanes of at least 4 members (excludes halogenated alkanes) is 1. The predicted molar refractivity (Wildman–Crippen MR) is 51.3 cm³/mol. The Labute approximate surface area is 77.0 Å². The third kappa shape index (κ3) is 6.79. The predicted octanol–water partition coefficient (Wildman–Crippen LogP) is 1.59. The first kappa shape index (κ1) is 12.1. The lowest BCUT2D eigenvalue weighted by molar-refractivity contribution is 0.101. The Morgan fingerprint density at radius 1 is 0.917 bits per heavy atom. The van der Waals surface area contributed by atoms with Crippen molar-refractivity contribution in [3.05, 3.63) is 0 Å². The topological polar surface area (TPSA) is 27.7 Å². The van der Waals surface area contributed by atoms with Crippen LogP contribution in [0.3, 0.4) is 0 Å². The second-order valence-corrected chi connectivity index (χ2v) is 4.00. The van der Waals surface area contributed by atoms with E-state index in [0.717, 1.165) is 19.4 Å². The molecule has 0 rings (SSSR count). The Morgan fingerprint density at radius 3 is 1.92 bits per heavy atom. The highest BCUT2D eigenvalue weighted by atomic mass is 28.3. The maximum atomic E-state index is 5.46. The van der Waals surface area contributed by atoms with Crippen LogP contribution >= 0.6 is 0 Å². The number of hydrogen-bond acceptors (Lipinski definition) is 3. The van der Waals surface area contributed by atoms with Gasteiger partial charge >= 0.3 is 9.53 Å². The van der Waals surface area contributed by atoms with E-state index in [1.165, 1.54) is 0 Å². The van der Waals surface area contributed by atoms with Crippen molar-refractivity contribution in [1.82, 2.24) is 0 Å². The van der Waals surface area contributed by atoms with Gasteiger partial charge in [0.25, 0.3) is 0 Å². The minimum Gasteiger partial charge on any atom is -0.376 e. The van der Waals surface area contributed by atoms with Crippen molar-refractivity contribution in [1.29, 1.82) is 0 Å². The van der Waals surface area contributed by atoms with Gasteiger partial charge in [0.2, 0.25) is 0 Å². The van der Waals surface area contributed by atoms with Crippen LogP contribution in [0, 0.1) is 0 Å². The molecule has 0 atom stereocenters. The average molecular weight is 192 g/mol. The molecule has 0 spiro atoms. The monoisotopic (exact) mass is 192 g/mol. The highest BCUT2D eigenvalue weighted by Crippen LogP contribution is 1.95. The first-order valence-electron chi connectivity index (χ1n) is 4.69. The van der Waals surface area contributed by atoms with Gasteiger partial charge in [0.05, 0.1) is 0 Å². The fourth-order valence-corrected chi connectivity index (χ4v) is 1.93. The van der Waals surface area contributed by atoms with Crippen molar-refractivity contribution in [2.75, 3.05) is 19.8 Å². The smallest absolute Gasteiger partial charge is 0.376 e. The largest absolute Gasteiger partial charge is 0.484 e. The molecular formula is C8H20O3Si. The SMILES string of the molecule is CCCCO[SiH](OCC)OCC. The molecule has 0 unspecified atom stereocenters. The molecule has 0 aromatic carbocycles. The molecule has 0 aromatic heterocycles. The van der Waals surface area contributed by atoms with E-state index >= 15 is 0 Å². The molecule has 0 saturated carbocycles. The van der Waals surface area contributed by atoms with Crippen LogP contribution < -0.4 is 0 Å². The molecule has 74 valence electrons. The van der Waals surface area contributed by atoms with E-state index < -0.39 is 9.53 Å². The van der Waals surface area contributed by atoms with Crippen LogP contribution in [-0.2, 0) is 13.3 Å². The van der Waals surface area contributed by atoms with Crippen LogP contribution in [-0.4, -0.2) is 29.3 Å². The van der Waals surface area contributed by atoms with Crippen molar-refractivity contribution in [3.63, 3.8) is 0 Å². The fourth-order valence-electron chi connectivity index (χ4n) is 0.740. The van der Waals surface area contributed by atoms with Gasteiger partial charge in [0.15, 0.2) is 0 Å². The normalized spacial score (nSPS) is 11.0. The minimum absolute atomic E-state index is 0.684.